The number of rotatable bonds is 7. The van der Waals surface area contributed by atoms with E-state index in [9.17, 15) is 9.59 Å². The zero-order valence-corrected chi connectivity index (χ0v) is 20.8. The Balaban J connectivity index is 2.06. The lowest BCUT2D eigenvalue weighted by Gasteiger charge is -2.27. The molecule has 0 aliphatic carbocycles. The molecular formula is C26H25ClN2O4S. The van der Waals surface area contributed by atoms with Crippen LogP contribution in [0.4, 0.5) is 0 Å². The highest BCUT2D eigenvalue weighted by Crippen LogP contribution is 2.38. The molecule has 0 bridgehead atoms. The first-order valence-electron chi connectivity index (χ1n) is 11.1. The van der Waals surface area contributed by atoms with E-state index in [1.54, 1.807) is 36.8 Å². The number of nitrogens with zero attached hydrogens (tertiary/aromatic N) is 2. The molecule has 1 aromatic heterocycles. The summed E-state index contributed by atoms with van der Waals surface area (Å²) in [6.07, 6.45) is 3.18. The van der Waals surface area contributed by atoms with E-state index < -0.39 is 12.0 Å². The summed E-state index contributed by atoms with van der Waals surface area (Å²) in [6, 6.07) is 14.0. The summed E-state index contributed by atoms with van der Waals surface area (Å²) in [7, 11) is 1.55. The first-order valence-corrected chi connectivity index (χ1v) is 12.3. The number of halogens is 1. The predicted molar refractivity (Wildman–Crippen MR) is 134 cm³/mol. The van der Waals surface area contributed by atoms with Gasteiger partial charge in [0.2, 0.25) is 0 Å². The second-order valence-corrected chi connectivity index (χ2v) is 9.16. The van der Waals surface area contributed by atoms with Crippen LogP contribution in [-0.2, 0) is 9.53 Å². The molecule has 0 unspecified atom stereocenters. The number of carbonyl (C=O) groups excluding carboxylic acids is 1. The number of hydrogen-bond donors (Lipinski definition) is 0. The van der Waals surface area contributed by atoms with Crippen molar-refractivity contribution < 1.29 is 14.3 Å². The highest BCUT2D eigenvalue weighted by molar-refractivity contribution is 7.07. The fourth-order valence-corrected chi connectivity index (χ4v) is 5.24. The molecule has 0 saturated carbocycles. The summed E-state index contributed by atoms with van der Waals surface area (Å²) in [5, 5.41) is 0.472. The van der Waals surface area contributed by atoms with Crippen molar-refractivity contribution in [3.05, 3.63) is 95.6 Å². The minimum atomic E-state index is -0.775. The van der Waals surface area contributed by atoms with Gasteiger partial charge in [-0.15, -0.1) is 0 Å². The lowest BCUT2D eigenvalue weighted by Crippen LogP contribution is -2.40. The number of benzene rings is 2. The number of carbonyl (C=O) groups is 1. The lowest BCUT2D eigenvalue weighted by atomic mass is 9.93. The molecule has 1 atom stereocenters. The number of esters is 1. The van der Waals surface area contributed by atoms with Crippen LogP contribution < -0.4 is 19.6 Å². The molecule has 176 valence electrons. The van der Waals surface area contributed by atoms with E-state index in [1.165, 1.54) is 11.3 Å². The van der Waals surface area contributed by atoms with Gasteiger partial charge in [-0.2, -0.15) is 0 Å². The number of fused-ring (bicyclic) bond motifs is 1. The Morgan fingerprint density at radius 3 is 2.65 bits per heavy atom. The Bertz CT molecular complexity index is 1420. The lowest BCUT2D eigenvalue weighted by molar-refractivity contribution is -0.139. The largest absolute Gasteiger partial charge is 0.496 e. The molecule has 1 aliphatic heterocycles. The monoisotopic (exact) mass is 496 g/mol. The summed E-state index contributed by atoms with van der Waals surface area (Å²) >= 11 is 7.65. The van der Waals surface area contributed by atoms with Crippen LogP contribution in [-0.4, -0.2) is 24.3 Å². The van der Waals surface area contributed by atoms with Crippen molar-refractivity contribution in [1.82, 2.24) is 4.57 Å². The second kappa shape index (κ2) is 10.4. The van der Waals surface area contributed by atoms with E-state index in [4.69, 9.17) is 26.1 Å². The van der Waals surface area contributed by atoms with Crippen LogP contribution in [0.15, 0.2) is 69.6 Å². The fraction of sp³-hybridized carbons (Fsp3) is 0.269. The van der Waals surface area contributed by atoms with Crippen molar-refractivity contribution in [3.63, 3.8) is 0 Å². The number of methoxy groups -OCH3 is 1. The minimum absolute atomic E-state index is 0.208. The third kappa shape index (κ3) is 4.58. The van der Waals surface area contributed by atoms with Crippen molar-refractivity contribution in [3.8, 4) is 5.75 Å². The summed E-state index contributed by atoms with van der Waals surface area (Å²) in [6.45, 7) is 3.98. The molecule has 0 amide bonds. The van der Waals surface area contributed by atoms with Gasteiger partial charge in [0.05, 0.1) is 29.5 Å². The summed E-state index contributed by atoms with van der Waals surface area (Å²) in [5.74, 6) is 0.0191. The van der Waals surface area contributed by atoms with E-state index in [1.807, 2.05) is 43.3 Å². The topological polar surface area (TPSA) is 69.9 Å². The van der Waals surface area contributed by atoms with Gasteiger partial charge in [-0.05, 0) is 43.2 Å². The molecular weight excluding hydrogens is 472 g/mol. The van der Waals surface area contributed by atoms with Crippen LogP contribution in [0.5, 0.6) is 5.75 Å². The molecule has 2 heterocycles. The van der Waals surface area contributed by atoms with Crippen LogP contribution in [0.25, 0.3) is 6.08 Å². The van der Waals surface area contributed by atoms with Crippen molar-refractivity contribution in [1.29, 1.82) is 0 Å². The fourth-order valence-electron chi connectivity index (χ4n) is 4.03. The van der Waals surface area contributed by atoms with Gasteiger partial charge < -0.3 is 9.47 Å². The molecule has 2 aromatic carbocycles. The molecule has 8 heteroatoms. The van der Waals surface area contributed by atoms with Crippen molar-refractivity contribution in [2.75, 3.05) is 13.7 Å². The van der Waals surface area contributed by atoms with Gasteiger partial charge in [0.25, 0.3) is 5.56 Å². The molecule has 0 spiro atoms. The molecule has 0 N–H and O–H groups in total. The SMILES string of the molecule is CCCC1=C(C(=O)OCC)[C@@H](c2cc(Cl)ccc2OC)n2c(s/c(=C/c3ccccc3)c2=O)=N1. The number of allylic oxidation sites excluding steroid dienone is 1. The molecule has 0 radical (unpaired) electrons. The average molecular weight is 497 g/mol. The zero-order valence-electron chi connectivity index (χ0n) is 19.2. The first-order chi connectivity index (χ1) is 16.5. The van der Waals surface area contributed by atoms with Gasteiger partial charge in [0.15, 0.2) is 4.80 Å². The summed E-state index contributed by atoms with van der Waals surface area (Å²) < 4.78 is 13.1. The first kappa shape index (κ1) is 24.0. The van der Waals surface area contributed by atoms with E-state index in [0.29, 0.717) is 43.4 Å². The van der Waals surface area contributed by atoms with E-state index in [-0.39, 0.29) is 12.2 Å². The average Bonchev–Trinajstić information content (AvgIpc) is 3.13. The van der Waals surface area contributed by atoms with Crippen LogP contribution in [0.2, 0.25) is 5.02 Å². The minimum Gasteiger partial charge on any atom is -0.496 e. The third-order valence-electron chi connectivity index (χ3n) is 5.48. The molecule has 0 fully saturated rings. The van der Waals surface area contributed by atoms with Crippen molar-refractivity contribution >= 4 is 35.0 Å². The maximum Gasteiger partial charge on any atom is 0.338 e. The van der Waals surface area contributed by atoms with E-state index in [2.05, 4.69) is 0 Å². The third-order valence-corrected chi connectivity index (χ3v) is 6.69. The maximum atomic E-state index is 13.7. The second-order valence-electron chi connectivity index (χ2n) is 7.71. The number of thiazole rings is 1. The quantitative estimate of drug-likeness (QED) is 0.459. The smallest absolute Gasteiger partial charge is 0.338 e. The van der Waals surface area contributed by atoms with E-state index in [0.717, 1.165) is 12.0 Å². The van der Waals surface area contributed by atoms with Crippen molar-refractivity contribution in [2.24, 2.45) is 4.99 Å². The van der Waals surface area contributed by atoms with Crippen LogP contribution >= 0.6 is 22.9 Å². The Hall–Kier alpha value is -3.16. The molecule has 0 saturated heterocycles. The highest BCUT2D eigenvalue weighted by atomic mass is 35.5. The van der Waals surface area contributed by atoms with Crippen molar-refractivity contribution in [2.45, 2.75) is 32.7 Å². The summed E-state index contributed by atoms with van der Waals surface area (Å²) in [5.41, 5.74) is 2.22. The molecule has 6 nitrogen and oxygen atoms in total. The van der Waals surface area contributed by atoms with Gasteiger partial charge >= 0.3 is 5.97 Å². The maximum absolute atomic E-state index is 13.7. The van der Waals surface area contributed by atoms with E-state index >= 15 is 0 Å². The van der Waals surface area contributed by atoms with Crippen LogP contribution in [0, 0.1) is 0 Å². The van der Waals surface area contributed by atoms with Crippen LogP contribution in [0.3, 0.4) is 0 Å². The Morgan fingerprint density at radius 1 is 1.21 bits per heavy atom. The molecule has 3 aromatic rings. The standard InChI is InChI=1S/C26H25ClN2O4S/c1-4-9-19-22(25(31)33-5-2)23(18-15-17(27)12-13-20(18)32-3)29-24(30)21(34-26(29)28-19)14-16-10-7-6-8-11-16/h6-8,10-15,23H,4-5,9H2,1-3H3/b21-14+/t23-/m1/s1. The molecule has 4 rings (SSSR count). The Labute approximate surface area is 206 Å². The van der Waals surface area contributed by atoms with Gasteiger partial charge in [-0.3, -0.25) is 9.36 Å². The van der Waals surface area contributed by atoms with Gasteiger partial charge in [0.1, 0.15) is 11.8 Å². The Morgan fingerprint density at radius 2 is 1.97 bits per heavy atom. The number of aromatic nitrogens is 1. The van der Waals surface area contributed by atoms with Gasteiger partial charge in [0, 0.05) is 10.6 Å². The van der Waals surface area contributed by atoms with Crippen LogP contribution in [0.1, 0.15) is 43.9 Å². The predicted octanol–water partition coefficient (Wildman–Crippen LogP) is 4.24. The number of ether oxygens (including phenoxy) is 2. The zero-order chi connectivity index (χ0) is 24.2. The Kier molecular flexibility index (Phi) is 7.34. The van der Waals surface area contributed by atoms with Gasteiger partial charge in [-0.25, -0.2) is 9.79 Å². The number of hydrogen-bond acceptors (Lipinski definition) is 6. The highest BCUT2D eigenvalue weighted by Gasteiger charge is 2.36. The van der Waals surface area contributed by atoms with Gasteiger partial charge in [-0.1, -0.05) is 66.6 Å². The molecule has 1 aliphatic rings. The summed E-state index contributed by atoms with van der Waals surface area (Å²) in [4.78, 5) is 32.2. The normalized spacial score (nSPS) is 15.6. The molecule has 34 heavy (non-hydrogen) atoms.